The predicted molar refractivity (Wildman–Crippen MR) is 133 cm³/mol. The van der Waals surface area contributed by atoms with E-state index in [-0.39, 0.29) is 36.9 Å². The first kappa shape index (κ1) is 24.4. The molecule has 0 aromatic heterocycles. The Labute approximate surface area is 218 Å². The molecule has 1 aromatic rings. The Balaban J connectivity index is 1.50. The predicted octanol–water partition coefficient (Wildman–Crippen LogP) is 4.23. The van der Waals surface area contributed by atoms with Gasteiger partial charge in [0.25, 0.3) is 0 Å². The number of carbonyl (C=O) groups excluding carboxylic acids is 1. The first-order valence-electron chi connectivity index (χ1n) is 13.7. The minimum atomic E-state index is -0.956. The van der Waals surface area contributed by atoms with E-state index in [2.05, 4.69) is 20.8 Å². The molecular weight excluding hydrogens is 472 g/mol. The maximum absolute atomic E-state index is 13.8. The van der Waals surface area contributed by atoms with Gasteiger partial charge in [-0.2, -0.15) is 0 Å². The summed E-state index contributed by atoms with van der Waals surface area (Å²) in [6, 6.07) is 9.92. The fourth-order valence-corrected chi connectivity index (χ4v) is 8.86. The van der Waals surface area contributed by atoms with Gasteiger partial charge >= 0.3 is 0 Å². The van der Waals surface area contributed by atoms with E-state index in [4.69, 9.17) is 23.7 Å². The summed E-state index contributed by atoms with van der Waals surface area (Å²) in [5.41, 5.74) is -0.147. The third-order valence-electron chi connectivity index (χ3n) is 10.7. The molecule has 3 heterocycles. The molecule has 3 aliphatic carbocycles. The second-order valence-corrected chi connectivity index (χ2v) is 13.3. The Kier molecular flexibility index (Phi) is 4.83. The van der Waals surface area contributed by atoms with E-state index in [1.165, 1.54) is 0 Å². The molecule has 2 saturated carbocycles. The average molecular weight is 511 g/mol. The van der Waals surface area contributed by atoms with Crippen molar-refractivity contribution in [2.24, 2.45) is 16.7 Å². The zero-order chi connectivity index (χ0) is 26.2. The summed E-state index contributed by atoms with van der Waals surface area (Å²) in [5.74, 6) is -1.02. The van der Waals surface area contributed by atoms with Crippen LogP contribution in [0.25, 0.3) is 0 Å². The molecule has 0 amide bonds. The van der Waals surface area contributed by atoms with Crippen LogP contribution in [-0.2, 0) is 28.5 Å². The third kappa shape index (κ3) is 2.91. The zero-order valence-corrected chi connectivity index (χ0v) is 22.6. The van der Waals surface area contributed by atoms with Crippen molar-refractivity contribution in [1.29, 1.82) is 0 Å². The normalized spacial score (nSPS) is 48.9. The van der Waals surface area contributed by atoms with Crippen molar-refractivity contribution in [3.05, 3.63) is 47.0 Å². The van der Waals surface area contributed by atoms with E-state index < -0.39 is 46.3 Å². The van der Waals surface area contributed by atoms with Crippen molar-refractivity contribution in [3.8, 4) is 0 Å². The van der Waals surface area contributed by atoms with Crippen molar-refractivity contribution in [1.82, 2.24) is 0 Å². The van der Waals surface area contributed by atoms with Crippen LogP contribution >= 0.6 is 0 Å². The largest absolute Gasteiger partial charge is 0.393 e. The number of epoxide rings is 1. The highest BCUT2D eigenvalue weighted by molar-refractivity contribution is 5.98. The highest BCUT2D eigenvalue weighted by atomic mass is 16.8. The molecule has 9 atom stereocenters. The molecule has 37 heavy (non-hydrogen) atoms. The topological polar surface area (TPSA) is 86.8 Å². The van der Waals surface area contributed by atoms with Crippen LogP contribution in [0.15, 0.2) is 41.5 Å². The lowest BCUT2D eigenvalue weighted by Crippen LogP contribution is -2.70. The van der Waals surface area contributed by atoms with Crippen LogP contribution in [0.2, 0.25) is 0 Å². The van der Waals surface area contributed by atoms with Gasteiger partial charge in [-0.25, -0.2) is 0 Å². The summed E-state index contributed by atoms with van der Waals surface area (Å²) in [6.07, 6.45) is -0.00771. The van der Waals surface area contributed by atoms with E-state index >= 15 is 0 Å². The van der Waals surface area contributed by atoms with E-state index in [0.717, 1.165) is 29.6 Å². The summed E-state index contributed by atoms with van der Waals surface area (Å²) in [6.45, 7) is 12.3. The molecule has 5 fully saturated rings. The first-order valence-corrected chi connectivity index (χ1v) is 13.7. The lowest BCUT2D eigenvalue weighted by Gasteiger charge is -2.60. The lowest BCUT2D eigenvalue weighted by molar-refractivity contribution is -0.188. The molecule has 3 saturated heterocycles. The number of aliphatic hydroxyl groups excluding tert-OH is 1. The average Bonchev–Trinajstić information content (AvgIpc) is 3.32. The number of fused-ring (bicyclic) bond motifs is 8. The second kappa shape index (κ2) is 7.32. The molecule has 0 unspecified atom stereocenters. The summed E-state index contributed by atoms with van der Waals surface area (Å²) in [7, 11) is 0. The zero-order valence-electron chi connectivity index (χ0n) is 22.6. The molecule has 7 rings (SSSR count). The molecule has 3 aliphatic heterocycles. The van der Waals surface area contributed by atoms with E-state index in [1.807, 2.05) is 51.1 Å². The Morgan fingerprint density at radius 2 is 1.70 bits per heavy atom. The van der Waals surface area contributed by atoms with Crippen molar-refractivity contribution in [2.75, 3.05) is 6.61 Å². The fourth-order valence-electron chi connectivity index (χ4n) is 8.86. The number of ether oxygens (including phenoxy) is 5. The molecule has 1 N–H and O–H groups in total. The molecule has 0 radical (unpaired) electrons. The van der Waals surface area contributed by atoms with Gasteiger partial charge in [0.05, 0.1) is 24.9 Å². The van der Waals surface area contributed by atoms with Crippen LogP contribution in [0.5, 0.6) is 0 Å². The van der Waals surface area contributed by atoms with Crippen LogP contribution < -0.4 is 0 Å². The monoisotopic (exact) mass is 510 g/mol. The summed E-state index contributed by atoms with van der Waals surface area (Å²) in [4.78, 5) is 13.8. The molecule has 6 aliphatic rings. The quantitative estimate of drug-likeness (QED) is 0.596. The number of hydrogen-bond donors (Lipinski definition) is 1. The van der Waals surface area contributed by atoms with Crippen molar-refractivity contribution in [3.63, 3.8) is 0 Å². The van der Waals surface area contributed by atoms with Crippen molar-refractivity contribution < 1.29 is 33.6 Å². The van der Waals surface area contributed by atoms with Gasteiger partial charge in [-0.15, -0.1) is 0 Å². The highest BCUT2D eigenvalue weighted by Crippen LogP contribution is 2.71. The van der Waals surface area contributed by atoms with Gasteiger partial charge in [-0.05, 0) is 44.8 Å². The number of ketones is 1. The first-order chi connectivity index (χ1) is 17.4. The van der Waals surface area contributed by atoms with Gasteiger partial charge < -0.3 is 28.8 Å². The van der Waals surface area contributed by atoms with E-state index in [9.17, 15) is 9.90 Å². The second-order valence-electron chi connectivity index (χ2n) is 13.3. The van der Waals surface area contributed by atoms with Gasteiger partial charge in [0, 0.05) is 28.7 Å². The number of aliphatic hydroxyl groups is 1. The molecule has 7 heteroatoms. The van der Waals surface area contributed by atoms with Crippen molar-refractivity contribution >= 4 is 5.78 Å². The molecule has 1 spiro atoms. The summed E-state index contributed by atoms with van der Waals surface area (Å²) in [5, 5.41) is 10.8. The van der Waals surface area contributed by atoms with Crippen molar-refractivity contribution in [2.45, 2.75) is 108 Å². The number of rotatable bonds is 2. The number of Topliss-reactive ketones (excluding diaryl/α,β-unsaturated/α-hetero) is 1. The molecule has 200 valence electrons. The van der Waals surface area contributed by atoms with Gasteiger partial charge in [-0.3, -0.25) is 4.79 Å². The maximum Gasteiger partial charge on any atom is 0.185 e. The molecule has 1 aromatic carbocycles. The molecule has 7 nitrogen and oxygen atoms in total. The number of carbonyl (C=O) groups is 1. The van der Waals surface area contributed by atoms with E-state index in [0.29, 0.717) is 0 Å². The highest BCUT2D eigenvalue weighted by Gasteiger charge is 2.80. The van der Waals surface area contributed by atoms with Crippen LogP contribution in [0, 0.1) is 16.7 Å². The standard InChI is InChI=1S/C30H38O7/c1-16-18(32)14-30-24(33-25(37-30)17-10-8-7-9-11-17)22-28(6,13-12-19-29(22,15-31)34-19)23-21(20(16)26(30,2)3)35-27(4,5)36-23/h7-11,19,21-25,31H,12-15H2,1-6H3/t19-,21+,22-,23-,24-,25-,28+,29-,30+/m0/s1. The van der Waals surface area contributed by atoms with Gasteiger partial charge in [-0.1, -0.05) is 51.1 Å². The van der Waals surface area contributed by atoms with Crippen LogP contribution in [0.1, 0.15) is 72.7 Å². The summed E-state index contributed by atoms with van der Waals surface area (Å²) >= 11 is 0. The molecule has 2 bridgehead atoms. The fraction of sp³-hybridized carbons (Fsp3) is 0.700. The minimum absolute atomic E-state index is 0.0423. The Morgan fingerprint density at radius 3 is 2.41 bits per heavy atom. The lowest BCUT2D eigenvalue weighted by atomic mass is 9.47. The number of benzene rings is 1. The minimum Gasteiger partial charge on any atom is -0.393 e. The molecular formula is C30H38O7. The van der Waals surface area contributed by atoms with Crippen LogP contribution in [0.4, 0.5) is 0 Å². The Morgan fingerprint density at radius 1 is 0.973 bits per heavy atom. The van der Waals surface area contributed by atoms with Gasteiger partial charge in [0.1, 0.15) is 17.3 Å². The number of hydrogen-bond acceptors (Lipinski definition) is 7. The smallest absolute Gasteiger partial charge is 0.185 e. The summed E-state index contributed by atoms with van der Waals surface area (Å²) < 4.78 is 33.8. The number of allylic oxidation sites excluding steroid dienone is 1. The van der Waals surface area contributed by atoms with E-state index in [1.54, 1.807) is 0 Å². The Bertz CT molecular complexity index is 1190. The maximum atomic E-state index is 13.8. The third-order valence-corrected chi connectivity index (χ3v) is 10.7. The Hall–Kier alpha value is -1.61. The van der Waals surface area contributed by atoms with Crippen LogP contribution in [-0.4, -0.2) is 58.9 Å². The van der Waals surface area contributed by atoms with Gasteiger partial charge in [0.2, 0.25) is 0 Å². The SMILES string of the molecule is CC1=C2[C@H]3OC(C)(C)O[C@@H]3[C@]3(C)CC[C@@H]4O[C@]4(CO)[C@H]3[C@@H]3O[C@H](c4ccccc4)O[C@@]3(CC1=O)C2(C)C. The van der Waals surface area contributed by atoms with Crippen LogP contribution in [0.3, 0.4) is 0 Å². The van der Waals surface area contributed by atoms with Gasteiger partial charge in [0.15, 0.2) is 17.9 Å².